The van der Waals surface area contributed by atoms with Gasteiger partial charge in [0.2, 0.25) is 0 Å². The van der Waals surface area contributed by atoms with E-state index >= 15 is 0 Å². The van der Waals surface area contributed by atoms with Crippen molar-refractivity contribution in [3.63, 3.8) is 0 Å². The number of halogens is 1. The summed E-state index contributed by atoms with van der Waals surface area (Å²) in [5, 5.41) is 0. The van der Waals surface area contributed by atoms with E-state index in [4.69, 9.17) is 14.2 Å². The van der Waals surface area contributed by atoms with Crippen LogP contribution in [0.2, 0.25) is 0 Å². The number of carbonyl (C=O) groups excluding carboxylic acids is 1. The molecule has 0 aromatic heterocycles. The highest BCUT2D eigenvalue weighted by Crippen LogP contribution is 2.43. The highest BCUT2D eigenvalue weighted by atomic mass is 19.1. The molecule has 0 spiro atoms. The summed E-state index contributed by atoms with van der Waals surface area (Å²) in [5.41, 5.74) is 2.38. The molecule has 2 bridgehead atoms. The third kappa shape index (κ3) is 3.21. The molecule has 25 heavy (non-hydrogen) atoms. The van der Waals surface area contributed by atoms with Gasteiger partial charge in [-0.15, -0.1) is 0 Å². The van der Waals surface area contributed by atoms with Gasteiger partial charge in [0.1, 0.15) is 18.1 Å². The topological polar surface area (TPSA) is 48.0 Å². The second-order valence-electron chi connectivity index (χ2n) is 6.53. The van der Waals surface area contributed by atoms with E-state index < -0.39 is 0 Å². The molecule has 0 amide bonds. The van der Waals surface area contributed by atoms with Gasteiger partial charge < -0.3 is 19.1 Å². The van der Waals surface area contributed by atoms with Crippen LogP contribution in [0.4, 0.5) is 10.1 Å². The summed E-state index contributed by atoms with van der Waals surface area (Å²) in [5.74, 6) is -0.320. The number of allylic oxidation sites excluding steroid dienone is 1. The Hall–Kier alpha value is -1.76. The molecule has 5 nitrogen and oxygen atoms in total. The van der Waals surface area contributed by atoms with Crippen molar-refractivity contribution in [2.45, 2.75) is 38.7 Å². The van der Waals surface area contributed by atoms with Crippen LogP contribution in [0.15, 0.2) is 35.5 Å². The third-order valence-corrected chi connectivity index (χ3v) is 5.05. The van der Waals surface area contributed by atoms with Gasteiger partial charge in [0.25, 0.3) is 0 Å². The fourth-order valence-corrected chi connectivity index (χ4v) is 4.10. The molecule has 2 heterocycles. The smallest absolute Gasteiger partial charge is 0.157 e. The van der Waals surface area contributed by atoms with E-state index in [9.17, 15) is 9.18 Å². The first-order valence-corrected chi connectivity index (χ1v) is 8.41. The summed E-state index contributed by atoms with van der Waals surface area (Å²) in [6, 6.07) is 6.23. The van der Waals surface area contributed by atoms with Gasteiger partial charge in [-0.1, -0.05) is 0 Å². The van der Waals surface area contributed by atoms with Gasteiger partial charge in [0, 0.05) is 43.5 Å². The normalized spacial score (nSPS) is 29.1. The van der Waals surface area contributed by atoms with Crippen molar-refractivity contribution in [3.8, 4) is 0 Å². The lowest BCUT2D eigenvalue weighted by molar-refractivity contribution is -0.169. The quantitative estimate of drug-likeness (QED) is 0.818. The molecule has 2 unspecified atom stereocenters. The van der Waals surface area contributed by atoms with Gasteiger partial charge in [0.05, 0.1) is 12.7 Å². The summed E-state index contributed by atoms with van der Waals surface area (Å²) < 4.78 is 30.5. The Kier molecular flexibility index (Phi) is 5.22. The van der Waals surface area contributed by atoms with Gasteiger partial charge >= 0.3 is 0 Å². The Morgan fingerprint density at radius 3 is 2.56 bits per heavy atom. The molecule has 3 rings (SSSR count). The average molecular weight is 349 g/mol. The number of rotatable bonds is 5. The van der Waals surface area contributed by atoms with E-state index in [-0.39, 0.29) is 36.0 Å². The fourth-order valence-electron chi connectivity index (χ4n) is 4.10. The van der Waals surface area contributed by atoms with Gasteiger partial charge in [-0.05, 0) is 38.1 Å². The minimum atomic E-state index is -0.298. The van der Waals surface area contributed by atoms with Crippen LogP contribution in [0.3, 0.4) is 0 Å². The van der Waals surface area contributed by atoms with E-state index in [1.54, 1.807) is 33.3 Å². The molecule has 2 aliphatic rings. The monoisotopic (exact) mass is 349 g/mol. The summed E-state index contributed by atoms with van der Waals surface area (Å²) in [6.07, 6.45) is -0.114. The maximum Gasteiger partial charge on any atom is 0.157 e. The molecule has 6 heteroatoms. The molecule has 0 N–H and O–H groups in total. The molecule has 1 aromatic rings. The number of ketones is 1. The summed E-state index contributed by atoms with van der Waals surface area (Å²) in [7, 11) is 3.25. The zero-order valence-electron chi connectivity index (χ0n) is 15.0. The number of hydrogen-bond acceptors (Lipinski definition) is 5. The van der Waals surface area contributed by atoms with Crippen molar-refractivity contribution < 1.29 is 23.4 Å². The van der Waals surface area contributed by atoms with Crippen LogP contribution in [0.25, 0.3) is 0 Å². The molecule has 1 fully saturated rings. The van der Waals surface area contributed by atoms with E-state index in [0.29, 0.717) is 13.0 Å². The molecule has 0 aliphatic carbocycles. The summed E-state index contributed by atoms with van der Waals surface area (Å²) >= 11 is 0. The Morgan fingerprint density at radius 2 is 2.00 bits per heavy atom. The van der Waals surface area contributed by atoms with Crippen molar-refractivity contribution in [3.05, 3.63) is 41.4 Å². The molecular formula is C19H24FNO4. The van der Waals surface area contributed by atoms with E-state index in [2.05, 4.69) is 0 Å². The van der Waals surface area contributed by atoms with Crippen molar-refractivity contribution in [1.29, 1.82) is 0 Å². The minimum absolute atomic E-state index is 0.0215. The highest BCUT2D eigenvalue weighted by Gasteiger charge is 2.48. The van der Waals surface area contributed by atoms with Gasteiger partial charge in [0.15, 0.2) is 5.78 Å². The molecule has 0 saturated carbocycles. The van der Waals surface area contributed by atoms with Crippen LogP contribution in [0, 0.1) is 11.7 Å². The molecule has 136 valence electrons. The summed E-state index contributed by atoms with van der Waals surface area (Å²) in [6.45, 7) is 3.87. The van der Waals surface area contributed by atoms with Crippen LogP contribution >= 0.6 is 0 Å². The van der Waals surface area contributed by atoms with Crippen LogP contribution in [0.5, 0.6) is 0 Å². The Morgan fingerprint density at radius 1 is 1.32 bits per heavy atom. The first-order valence-electron chi connectivity index (χ1n) is 8.41. The average Bonchev–Trinajstić information content (AvgIpc) is 2.56. The van der Waals surface area contributed by atoms with Crippen LogP contribution in [-0.2, 0) is 19.0 Å². The SMILES string of the molecule is COC[C@H]1OC2CC(C(C(C)=O)=C(C)N2c2ccc(F)cc2)[C@@H]1OC. The molecule has 2 aliphatic heterocycles. The zero-order valence-corrected chi connectivity index (χ0v) is 15.0. The molecule has 1 saturated heterocycles. The molecule has 0 radical (unpaired) electrons. The van der Waals surface area contributed by atoms with E-state index in [1.165, 1.54) is 12.1 Å². The number of anilines is 1. The van der Waals surface area contributed by atoms with Crippen molar-refractivity contribution in [2.24, 2.45) is 5.92 Å². The Balaban J connectivity index is 2.08. The van der Waals surface area contributed by atoms with Crippen molar-refractivity contribution >= 4 is 11.5 Å². The second kappa shape index (κ2) is 7.23. The van der Waals surface area contributed by atoms with Crippen LogP contribution < -0.4 is 4.90 Å². The number of methoxy groups -OCH3 is 2. The first kappa shape index (κ1) is 18.0. The standard InChI is InChI=1S/C19H24FNO4/c1-11-18(12(2)22)15-9-17(25-16(10-23-3)19(15)24-4)21(11)14-7-5-13(20)6-8-14/h5-8,15-17,19H,9-10H2,1-4H3/t15?,16-,17?,19+/m1/s1. The highest BCUT2D eigenvalue weighted by molar-refractivity contribution is 5.95. The number of carbonyl (C=O) groups is 1. The molecular weight excluding hydrogens is 325 g/mol. The third-order valence-electron chi connectivity index (χ3n) is 5.05. The van der Waals surface area contributed by atoms with Crippen LogP contribution in [-0.4, -0.2) is 45.0 Å². The van der Waals surface area contributed by atoms with Gasteiger partial charge in [-0.25, -0.2) is 4.39 Å². The number of nitrogens with zero attached hydrogens (tertiary/aromatic N) is 1. The number of ether oxygens (including phenoxy) is 3. The first-order chi connectivity index (χ1) is 12.0. The van der Waals surface area contributed by atoms with E-state index in [0.717, 1.165) is 17.0 Å². The Bertz CT molecular complexity index is 673. The lowest BCUT2D eigenvalue weighted by Gasteiger charge is -2.50. The minimum Gasteiger partial charge on any atom is -0.382 e. The van der Waals surface area contributed by atoms with Gasteiger partial charge in [-0.2, -0.15) is 0 Å². The van der Waals surface area contributed by atoms with Crippen molar-refractivity contribution in [1.82, 2.24) is 0 Å². The Labute approximate surface area is 147 Å². The number of fused-ring (bicyclic) bond motifs is 2. The molecule has 1 aromatic carbocycles. The fraction of sp³-hybridized carbons (Fsp3) is 0.526. The zero-order chi connectivity index (χ0) is 18.1. The van der Waals surface area contributed by atoms with Gasteiger partial charge in [-0.3, -0.25) is 4.79 Å². The summed E-state index contributed by atoms with van der Waals surface area (Å²) in [4.78, 5) is 14.4. The largest absolute Gasteiger partial charge is 0.382 e. The lowest BCUT2D eigenvalue weighted by Crippen LogP contribution is -2.57. The van der Waals surface area contributed by atoms with Crippen molar-refractivity contribution in [2.75, 3.05) is 25.7 Å². The molecule has 4 atom stereocenters. The number of hydrogen-bond donors (Lipinski definition) is 0. The number of benzene rings is 1. The maximum atomic E-state index is 13.3. The lowest BCUT2D eigenvalue weighted by atomic mass is 9.78. The number of Topliss-reactive ketones (excluding diaryl/α,β-unsaturated/α-hetero) is 1. The predicted octanol–water partition coefficient (Wildman–Crippen LogP) is 2.90. The van der Waals surface area contributed by atoms with Crippen LogP contribution in [0.1, 0.15) is 20.3 Å². The van der Waals surface area contributed by atoms with E-state index in [1.807, 2.05) is 11.8 Å². The predicted molar refractivity (Wildman–Crippen MR) is 91.7 cm³/mol. The second-order valence-corrected chi connectivity index (χ2v) is 6.53. The maximum absolute atomic E-state index is 13.3.